The Bertz CT molecular complexity index is 679. The molecule has 1 aliphatic rings. The minimum absolute atomic E-state index is 0.741. The molecule has 20 heavy (non-hydrogen) atoms. The molecule has 4 heteroatoms. The van der Waals surface area contributed by atoms with Gasteiger partial charge in [-0.1, -0.05) is 6.08 Å². The molecule has 0 saturated heterocycles. The van der Waals surface area contributed by atoms with E-state index in [2.05, 4.69) is 11.1 Å². The lowest BCUT2D eigenvalue weighted by Crippen LogP contribution is -2.15. The Morgan fingerprint density at radius 1 is 1.30 bits per heavy atom. The summed E-state index contributed by atoms with van der Waals surface area (Å²) in [5.41, 5.74) is 8.67. The van der Waals surface area contributed by atoms with Crippen molar-refractivity contribution in [2.75, 3.05) is 17.7 Å². The van der Waals surface area contributed by atoms with Crippen LogP contribution in [0.3, 0.4) is 0 Å². The largest absolute Gasteiger partial charge is 0.455 e. The predicted molar refractivity (Wildman–Crippen MR) is 81.1 cm³/mol. The smallest absolute Gasteiger partial charge is 0.146 e. The number of benzene rings is 1. The maximum absolute atomic E-state index is 5.90. The van der Waals surface area contributed by atoms with Crippen molar-refractivity contribution in [3.63, 3.8) is 0 Å². The zero-order valence-electron chi connectivity index (χ0n) is 11.6. The van der Waals surface area contributed by atoms with Gasteiger partial charge in [0.05, 0.1) is 6.20 Å². The first-order chi connectivity index (χ1) is 9.63. The standard InChI is InChI=1S/C16H17N3O/c1-11-8-13(17)5-6-15(11)20-14-9-12-4-3-7-19(2)16(12)18-10-14/h3,5-10H,4,17H2,1-2H3. The molecule has 102 valence electrons. The van der Waals surface area contributed by atoms with E-state index in [-0.39, 0.29) is 0 Å². The molecule has 4 nitrogen and oxygen atoms in total. The highest BCUT2D eigenvalue weighted by Gasteiger charge is 2.12. The van der Waals surface area contributed by atoms with Gasteiger partial charge in [0, 0.05) is 24.5 Å². The second-order valence-corrected chi connectivity index (χ2v) is 4.98. The Morgan fingerprint density at radius 3 is 2.95 bits per heavy atom. The van der Waals surface area contributed by atoms with Crippen LogP contribution >= 0.6 is 0 Å². The van der Waals surface area contributed by atoms with Crippen LogP contribution in [0.5, 0.6) is 11.5 Å². The quantitative estimate of drug-likeness (QED) is 0.848. The number of anilines is 2. The van der Waals surface area contributed by atoms with Gasteiger partial charge < -0.3 is 15.4 Å². The maximum atomic E-state index is 5.90. The summed E-state index contributed by atoms with van der Waals surface area (Å²) in [6.45, 7) is 1.98. The van der Waals surface area contributed by atoms with Crippen molar-refractivity contribution in [2.45, 2.75) is 13.3 Å². The second kappa shape index (κ2) is 4.89. The highest BCUT2D eigenvalue weighted by atomic mass is 16.5. The highest BCUT2D eigenvalue weighted by molar-refractivity contribution is 5.55. The Morgan fingerprint density at radius 2 is 2.15 bits per heavy atom. The first-order valence-electron chi connectivity index (χ1n) is 6.56. The van der Waals surface area contributed by atoms with E-state index in [4.69, 9.17) is 10.5 Å². The molecule has 1 aromatic heterocycles. The molecule has 1 aromatic carbocycles. The van der Waals surface area contributed by atoms with Crippen LogP contribution in [0.2, 0.25) is 0 Å². The molecule has 2 N–H and O–H groups in total. The molecule has 0 saturated carbocycles. The van der Waals surface area contributed by atoms with Crippen molar-refractivity contribution in [2.24, 2.45) is 0 Å². The molecule has 0 radical (unpaired) electrons. The zero-order valence-corrected chi connectivity index (χ0v) is 11.6. The lowest BCUT2D eigenvalue weighted by molar-refractivity contribution is 0.476. The van der Waals surface area contributed by atoms with Gasteiger partial charge in [0.15, 0.2) is 0 Å². The fraction of sp³-hybridized carbons (Fsp3) is 0.188. The Hall–Kier alpha value is -2.49. The number of fused-ring (bicyclic) bond motifs is 1. The van der Waals surface area contributed by atoms with Crippen molar-refractivity contribution in [3.05, 3.63) is 53.9 Å². The first kappa shape index (κ1) is 12.5. The van der Waals surface area contributed by atoms with Gasteiger partial charge in [-0.05, 0) is 43.2 Å². The lowest BCUT2D eigenvalue weighted by atomic mass is 10.1. The van der Waals surface area contributed by atoms with E-state index in [1.54, 1.807) is 6.20 Å². The van der Waals surface area contributed by atoms with Crippen molar-refractivity contribution < 1.29 is 4.74 Å². The van der Waals surface area contributed by atoms with Crippen LogP contribution in [0.4, 0.5) is 11.5 Å². The summed E-state index contributed by atoms with van der Waals surface area (Å²) in [4.78, 5) is 6.48. The summed E-state index contributed by atoms with van der Waals surface area (Å²) < 4.78 is 5.90. The third-order valence-electron chi connectivity index (χ3n) is 3.35. The average molecular weight is 267 g/mol. The van der Waals surface area contributed by atoms with Crippen LogP contribution in [0.15, 0.2) is 42.7 Å². The summed E-state index contributed by atoms with van der Waals surface area (Å²) in [7, 11) is 1.99. The third-order valence-corrected chi connectivity index (χ3v) is 3.35. The van der Waals surface area contributed by atoms with Gasteiger partial charge in [-0.15, -0.1) is 0 Å². The van der Waals surface area contributed by atoms with Crippen molar-refractivity contribution in [1.29, 1.82) is 0 Å². The normalized spacial score (nSPS) is 13.2. The van der Waals surface area contributed by atoms with Gasteiger partial charge in [0.2, 0.25) is 0 Å². The Balaban J connectivity index is 1.89. The van der Waals surface area contributed by atoms with E-state index in [1.165, 1.54) is 5.56 Å². The first-order valence-corrected chi connectivity index (χ1v) is 6.56. The molecular weight excluding hydrogens is 250 g/mol. The molecule has 0 bridgehead atoms. The number of aryl methyl sites for hydroxylation is 1. The van der Waals surface area contributed by atoms with E-state index < -0.39 is 0 Å². The average Bonchev–Trinajstić information content (AvgIpc) is 2.42. The molecule has 0 amide bonds. The monoisotopic (exact) mass is 267 g/mol. The number of pyridine rings is 1. The number of nitrogens with two attached hydrogens (primary N) is 1. The number of ether oxygens (including phenoxy) is 1. The molecule has 0 aliphatic carbocycles. The number of nitrogens with zero attached hydrogens (tertiary/aromatic N) is 2. The SMILES string of the molecule is Cc1cc(N)ccc1Oc1cnc2c(c1)CC=CN2C. The highest BCUT2D eigenvalue weighted by Crippen LogP contribution is 2.30. The number of hydrogen-bond donors (Lipinski definition) is 1. The molecule has 3 rings (SSSR count). The van der Waals surface area contributed by atoms with Crippen molar-refractivity contribution in [1.82, 2.24) is 4.98 Å². The minimum atomic E-state index is 0.741. The van der Waals surface area contributed by atoms with Crippen molar-refractivity contribution >= 4 is 11.5 Å². The van der Waals surface area contributed by atoms with Crippen LogP contribution < -0.4 is 15.4 Å². The minimum Gasteiger partial charge on any atom is -0.455 e. The third kappa shape index (κ3) is 2.32. The van der Waals surface area contributed by atoms with Gasteiger partial charge in [0.25, 0.3) is 0 Å². The lowest BCUT2D eigenvalue weighted by Gasteiger charge is -2.21. The van der Waals surface area contributed by atoms with Crippen LogP contribution in [-0.2, 0) is 6.42 Å². The number of allylic oxidation sites excluding steroid dienone is 1. The summed E-state index contributed by atoms with van der Waals surface area (Å²) in [5, 5.41) is 0. The van der Waals surface area contributed by atoms with E-state index in [9.17, 15) is 0 Å². The molecule has 2 heterocycles. The number of nitrogen functional groups attached to an aromatic ring is 1. The number of rotatable bonds is 2. The molecule has 0 spiro atoms. The van der Waals surface area contributed by atoms with Crippen LogP contribution in [0, 0.1) is 6.92 Å². The summed E-state index contributed by atoms with van der Waals surface area (Å²) in [6.07, 6.45) is 6.77. The van der Waals surface area contributed by atoms with Crippen molar-refractivity contribution in [3.8, 4) is 11.5 Å². The van der Waals surface area contributed by atoms with Gasteiger partial charge in [-0.25, -0.2) is 4.98 Å². The van der Waals surface area contributed by atoms with E-state index in [0.717, 1.165) is 35.0 Å². The molecular formula is C16H17N3O. The van der Waals surface area contributed by atoms with Crippen LogP contribution in [0.25, 0.3) is 0 Å². The zero-order chi connectivity index (χ0) is 14.1. The van der Waals surface area contributed by atoms with Gasteiger partial charge >= 0.3 is 0 Å². The van der Waals surface area contributed by atoms with Crippen LogP contribution in [0.1, 0.15) is 11.1 Å². The number of hydrogen-bond acceptors (Lipinski definition) is 4. The summed E-state index contributed by atoms with van der Waals surface area (Å²) >= 11 is 0. The van der Waals surface area contributed by atoms with Crippen LogP contribution in [-0.4, -0.2) is 12.0 Å². The number of aromatic nitrogens is 1. The predicted octanol–water partition coefficient (Wildman–Crippen LogP) is 3.27. The Labute approximate surface area is 118 Å². The summed E-state index contributed by atoms with van der Waals surface area (Å²) in [5.74, 6) is 2.54. The molecule has 0 fully saturated rings. The fourth-order valence-electron chi connectivity index (χ4n) is 2.33. The van der Waals surface area contributed by atoms with E-state index in [1.807, 2.05) is 49.3 Å². The van der Waals surface area contributed by atoms with Gasteiger partial charge in [-0.2, -0.15) is 0 Å². The summed E-state index contributed by atoms with van der Waals surface area (Å²) in [6, 6.07) is 7.66. The van der Waals surface area contributed by atoms with E-state index in [0.29, 0.717) is 0 Å². The topological polar surface area (TPSA) is 51.4 Å². The van der Waals surface area contributed by atoms with E-state index >= 15 is 0 Å². The molecule has 0 unspecified atom stereocenters. The van der Waals surface area contributed by atoms with Gasteiger partial charge in [0.1, 0.15) is 17.3 Å². The van der Waals surface area contributed by atoms with Gasteiger partial charge in [-0.3, -0.25) is 0 Å². The molecule has 0 atom stereocenters. The maximum Gasteiger partial charge on any atom is 0.146 e. The Kier molecular flexibility index (Phi) is 3.06. The fourth-order valence-corrected chi connectivity index (χ4v) is 2.33. The molecule has 2 aromatic rings. The molecule has 1 aliphatic heterocycles. The second-order valence-electron chi connectivity index (χ2n) is 4.98.